The Morgan fingerprint density at radius 1 is 0.952 bits per heavy atom. The number of benzene rings is 2. The fourth-order valence-corrected chi connectivity index (χ4v) is 2.07. The van der Waals surface area contributed by atoms with Crippen LogP contribution < -0.4 is 4.68 Å². The first kappa shape index (κ1) is 13.0. The van der Waals surface area contributed by atoms with Crippen LogP contribution in [0.15, 0.2) is 48.5 Å². The van der Waals surface area contributed by atoms with Gasteiger partial charge in [-0.2, -0.15) is 0 Å². The lowest BCUT2D eigenvalue weighted by Gasteiger charge is -1.99. The van der Waals surface area contributed by atoms with E-state index in [2.05, 4.69) is 16.5 Å². The van der Waals surface area contributed by atoms with E-state index in [9.17, 15) is 5.26 Å². The highest BCUT2D eigenvalue weighted by molar-refractivity contribution is 5.52. The molecule has 0 fully saturated rings. The van der Waals surface area contributed by atoms with Crippen LogP contribution in [0.2, 0.25) is 0 Å². The molecule has 5 nitrogen and oxygen atoms in total. The first-order valence-corrected chi connectivity index (χ1v) is 6.61. The highest BCUT2D eigenvalue weighted by Gasteiger charge is 2.21. The van der Waals surface area contributed by atoms with Gasteiger partial charge in [0.25, 0.3) is 0 Å². The monoisotopic (exact) mass is 276 g/mol. The molecule has 0 amide bonds. The molecule has 0 saturated heterocycles. The van der Waals surface area contributed by atoms with Gasteiger partial charge in [-0.15, -0.1) is 0 Å². The molecule has 0 aliphatic heterocycles. The Kier molecular flexibility index (Phi) is 3.20. The molecule has 0 spiro atoms. The van der Waals surface area contributed by atoms with E-state index in [1.54, 1.807) is 0 Å². The maximum atomic E-state index is 9.43. The number of hydrogen-bond donors (Lipinski definition) is 0. The second-order valence-electron chi connectivity index (χ2n) is 4.92. The van der Waals surface area contributed by atoms with Crippen LogP contribution in [0.5, 0.6) is 0 Å². The summed E-state index contributed by atoms with van der Waals surface area (Å²) in [5, 5.41) is 17.7. The standard InChI is InChI=1S/C16H14N5/c1-12-3-7-14(8-4-12)16-18-19-21(20(16)11-17)15-9-5-13(2)6-10-15/h3-10H,1-2H3/q+1. The maximum absolute atomic E-state index is 9.43. The van der Waals surface area contributed by atoms with Crippen molar-refractivity contribution in [1.29, 1.82) is 5.26 Å². The smallest absolute Gasteiger partial charge is 0.0585 e. The number of hydrogen-bond acceptors (Lipinski definition) is 3. The van der Waals surface area contributed by atoms with E-state index in [0.717, 1.165) is 22.4 Å². The number of nitriles is 1. The third-order valence-electron chi connectivity index (χ3n) is 3.28. The lowest BCUT2D eigenvalue weighted by molar-refractivity contribution is -0.661. The lowest BCUT2D eigenvalue weighted by atomic mass is 10.1. The first-order valence-electron chi connectivity index (χ1n) is 6.61. The van der Waals surface area contributed by atoms with E-state index in [-0.39, 0.29) is 0 Å². The zero-order chi connectivity index (χ0) is 14.8. The minimum absolute atomic E-state index is 0.526. The SMILES string of the molecule is Cc1ccc(-c2nnn(-c3ccc(C)cc3)[n+]2C#N)cc1. The Hall–Kier alpha value is -3.00. The molecule has 0 aliphatic rings. The van der Waals surface area contributed by atoms with Crippen molar-refractivity contribution in [2.45, 2.75) is 13.8 Å². The Balaban J connectivity index is 2.11. The van der Waals surface area contributed by atoms with Gasteiger partial charge in [-0.25, -0.2) is 0 Å². The molecule has 0 N–H and O–H groups in total. The maximum Gasteiger partial charge on any atom is 0.351 e. The first-order chi connectivity index (χ1) is 10.2. The summed E-state index contributed by atoms with van der Waals surface area (Å²) in [6.45, 7) is 4.03. The van der Waals surface area contributed by atoms with Gasteiger partial charge in [-0.3, -0.25) is 0 Å². The minimum atomic E-state index is 0.526. The molecule has 3 rings (SSSR count). The van der Waals surface area contributed by atoms with E-state index in [1.165, 1.54) is 9.48 Å². The summed E-state index contributed by atoms with van der Waals surface area (Å²) >= 11 is 0. The second kappa shape index (κ2) is 5.17. The Morgan fingerprint density at radius 3 is 2.10 bits per heavy atom. The van der Waals surface area contributed by atoms with Crippen molar-refractivity contribution in [3.8, 4) is 23.3 Å². The van der Waals surface area contributed by atoms with Gasteiger partial charge >= 0.3 is 12.0 Å². The molecule has 0 atom stereocenters. The molecule has 0 bridgehead atoms. The molecular weight excluding hydrogens is 262 g/mol. The zero-order valence-electron chi connectivity index (χ0n) is 11.9. The molecule has 3 aromatic rings. The predicted octanol–water partition coefficient (Wildman–Crippen LogP) is 2.17. The number of aromatic nitrogens is 4. The van der Waals surface area contributed by atoms with E-state index in [1.807, 2.05) is 62.4 Å². The Morgan fingerprint density at radius 2 is 1.52 bits per heavy atom. The normalized spacial score (nSPS) is 10.3. The van der Waals surface area contributed by atoms with Gasteiger partial charge in [0, 0.05) is 5.56 Å². The van der Waals surface area contributed by atoms with Gasteiger partial charge in [0.1, 0.15) is 10.9 Å². The average molecular weight is 276 g/mol. The van der Waals surface area contributed by atoms with Crippen LogP contribution in [0.4, 0.5) is 0 Å². The molecule has 1 heterocycles. The van der Waals surface area contributed by atoms with E-state index >= 15 is 0 Å². The number of rotatable bonds is 2. The molecule has 1 aromatic heterocycles. The molecule has 0 radical (unpaired) electrons. The third-order valence-corrected chi connectivity index (χ3v) is 3.28. The molecule has 2 aromatic carbocycles. The van der Waals surface area contributed by atoms with E-state index in [4.69, 9.17) is 0 Å². The number of tetrazole rings is 1. The molecule has 0 aliphatic carbocycles. The Labute approximate surface area is 122 Å². The van der Waals surface area contributed by atoms with Crippen LogP contribution in [0, 0.1) is 25.3 Å². The second-order valence-corrected chi connectivity index (χ2v) is 4.92. The van der Waals surface area contributed by atoms with E-state index in [0.29, 0.717) is 5.82 Å². The Bertz CT molecular complexity index is 744. The summed E-state index contributed by atoms with van der Waals surface area (Å²) in [7, 11) is 0. The van der Waals surface area contributed by atoms with Crippen LogP contribution in [-0.4, -0.2) is 15.1 Å². The van der Waals surface area contributed by atoms with Gasteiger partial charge in [-0.1, -0.05) is 40.1 Å². The quantitative estimate of drug-likeness (QED) is 0.674. The largest absolute Gasteiger partial charge is 0.351 e. The number of nitrogens with zero attached hydrogens (tertiary/aromatic N) is 5. The van der Waals surface area contributed by atoms with Gasteiger partial charge in [0.2, 0.25) is 0 Å². The van der Waals surface area contributed by atoms with Crippen molar-refractivity contribution in [1.82, 2.24) is 15.1 Å². The number of aryl methyl sites for hydroxylation is 2. The summed E-state index contributed by atoms with van der Waals surface area (Å²) in [4.78, 5) is 1.49. The fourth-order valence-electron chi connectivity index (χ4n) is 2.07. The van der Waals surface area contributed by atoms with Gasteiger partial charge < -0.3 is 0 Å². The van der Waals surface area contributed by atoms with Gasteiger partial charge in [0.05, 0.1) is 5.10 Å². The summed E-state index contributed by atoms with van der Waals surface area (Å²) in [6.07, 6.45) is 2.13. The van der Waals surface area contributed by atoms with Crippen LogP contribution >= 0.6 is 0 Å². The lowest BCUT2D eigenvalue weighted by Crippen LogP contribution is -2.40. The van der Waals surface area contributed by atoms with Crippen molar-refractivity contribution >= 4 is 0 Å². The van der Waals surface area contributed by atoms with Crippen molar-refractivity contribution in [3.05, 3.63) is 59.7 Å². The summed E-state index contributed by atoms with van der Waals surface area (Å²) < 4.78 is 1.38. The zero-order valence-corrected chi connectivity index (χ0v) is 11.9. The third kappa shape index (κ3) is 2.39. The molecule has 0 unspecified atom stereocenters. The highest BCUT2D eigenvalue weighted by Crippen LogP contribution is 2.14. The highest BCUT2D eigenvalue weighted by atomic mass is 15.6. The van der Waals surface area contributed by atoms with Crippen LogP contribution in [0.3, 0.4) is 0 Å². The summed E-state index contributed by atoms with van der Waals surface area (Å²) in [5.74, 6) is 0.526. The molecule has 102 valence electrons. The fraction of sp³-hybridized carbons (Fsp3) is 0.125. The summed E-state index contributed by atoms with van der Waals surface area (Å²) in [6, 6.07) is 15.6. The van der Waals surface area contributed by atoms with Crippen LogP contribution in [0.1, 0.15) is 11.1 Å². The minimum Gasteiger partial charge on any atom is -0.0585 e. The molecular formula is C16H14N5+. The molecule has 21 heavy (non-hydrogen) atoms. The van der Waals surface area contributed by atoms with Gasteiger partial charge in [-0.05, 0) is 48.2 Å². The van der Waals surface area contributed by atoms with Crippen molar-refractivity contribution < 1.29 is 4.68 Å². The van der Waals surface area contributed by atoms with Crippen molar-refractivity contribution in [3.63, 3.8) is 0 Å². The topological polar surface area (TPSA) is 58.4 Å². The van der Waals surface area contributed by atoms with Crippen LogP contribution in [0.25, 0.3) is 17.1 Å². The van der Waals surface area contributed by atoms with E-state index < -0.39 is 0 Å². The summed E-state index contributed by atoms with van der Waals surface area (Å²) in [5.41, 5.74) is 3.97. The van der Waals surface area contributed by atoms with Crippen molar-refractivity contribution in [2.75, 3.05) is 0 Å². The average Bonchev–Trinajstić information content (AvgIpc) is 2.92. The van der Waals surface area contributed by atoms with Crippen LogP contribution in [-0.2, 0) is 0 Å². The van der Waals surface area contributed by atoms with Gasteiger partial charge in [0.15, 0.2) is 0 Å². The molecule has 5 heteroatoms. The predicted molar refractivity (Wildman–Crippen MR) is 77.5 cm³/mol. The van der Waals surface area contributed by atoms with Crippen molar-refractivity contribution in [2.24, 2.45) is 0 Å². The molecule has 0 saturated carbocycles.